The monoisotopic (exact) mass is 362 g/mol. The molecule has 0 atom stereocenters. The minimum atomic E-state index is -2.89. The van der Waals surface area contributed by atoms with E-state index in [0.717, 1.165) is 5.69 Å². The third-order valence-electron chi connectivity index (χ3n) is 3.18. The van der Waals surface area contributed by atoms with Crippen LogP contribution in [-0.4, -0.2) is 38.4 Å². The molecule has 0 fully saturated rings. The van der Waals surface area contributed by atoms with E-state index in [1.165, 1.54) is 40.7 Å². The number of hydrogen-bond acceptors (Lipinski definition) is 6. The molecule has 0 saturated carbocycles. The second-order valence-corrected chi connectivity index (χ2v) is 5.77. The Balaban J connectivity index is 1.64. The number of benzene rings is 2. The van der Waals surface area contributed by atoms with Crippen molar-refractivity contribution in [1.82, 2.24) is 20.2 Å². The van der Waals surface area contributed by atoms with Gasteiger partial charge >= 0.3 is 6.61 Å². The van der Waals surface area contributed by atoms with Gasteiger partial charge in [-0.2, -0.15) is 13.5 Å². The highest BCUT2D eigenvalue weighted by Crippen LogP contribution is 2.20. The first kappa shape index (κ1) is 17.0. The Hall–Kier alpha value is -2.81. The molecule has 0 amide bonds. The number of carbonyl (C=O) groups excluding carboxylic acids is 1. The van der Waals surface area contributed by atoms with Gasteiger partial charge in [0.1, 0.15) is 5.75 Å². The van der Waals surface area contributed by atoms with Gasteiger partial charge in [0.05, 0.1) is 11.4 Å². The highest BCUT2D eigenvalue weighted by Gasteiger charge is 2.13. The van der Waals surface area contributed by atoms with E-state index in [4.69, 9.17) is 0 Å². The van der Waals surface area contributed by atoms with Crippen molar-refractivity contribution in [3.05, 3.63) is 60.2 Å². The molecule has 0 radical (unpaired) electrons. The van der Waals surface area contributed by atoms with Gasteiger partial charge in [0.25, 0.3) is 0 Å². The van der Waals surface area contributed by atoms with E-state index in [9.17, 15) is 13.6 Å². The summed E-state index contributed by atoms with van der Waals surface area (Å²) in [5.74, 6) is -0.0501. The van der Waals surface area contributed by atoms with Crippen LogP contribution in [0.3, 0.4) is 0 Å². The predicted molar refractivity (Wildman–Crippen MR) is 87.3 cm³/mol. The zero-order valence-corrected chi connectivity index (χ0v) is 13.6. The second kappa shape index (κ2) is 7.84. The van der Waals surface area contributed by atoms with Gasteiger partial charge in [0.15, 0.2) is 5.78 Å². The van der Waals surface area contributed by atoms with Gasteiger partial charge in [0.2, 0.25) is 5.16 Å². The summed E-state index contributed by atoms with van der Waals surface area (Å²) in [5.41, 5.74) is 1.18. The maximum Gasteiger partial charge on any atom is 0.387 e. The van der Waals surface area contributed by atoms with Crippen LogP contribution in [0.1, 0.15) is 10.4 Å². The quantitative estimate of drug-likeness (QED) is 0.475. The molecule has 25 heavy (non-hydrogen) atoms. The van der Waals surface area contributed by atoms with Crippen LogP contribution in [0.5, 0.6) is 5.75 Å². The van der Waals surface area contributed by atoms with E-state index in [2.05, 4.69) is 20.3 Å². The van der Waals surface area contributed by atoms with Crippen LogP contribution >= 0.6 is 11.8 Å². The molecule has 1 aromatic heterocycles. The summed E-state index contributed by atoms with van der Waals surface area (Å²) in [6.07, 6.45) is 0. The van der Waals surface area contributed by atoms with Gasteiger partial charge < -0.3 is 4.74 Å². The summed E-state index contributed by atoms with van der Waals surface area (Å²) in [6, 6.07) is 14.9. The number of para-hydroxylation sites is 1. The minimum absolute atomic E-state index is 0.00669. The number of hydrogen-bond donors (Lipinski definition) is 0. The molecule has 128 valence electrons. The summed E-state index contributed by atoms with van der Waals surface area (Å²) in [6.45, 7) is -2.89. The van der Waals surface area contributed by atoms with Crippen LogP contribution in [-0.2, 0) is 0 Å². The van der Waals surface area contributed by atoms with E-state index in [0.29, 0.717) is 10.7 Å². The summed E-state index contributed by atoms with van der Waals surface area (Å²) >= 11 is 1.19. The number of alkyl halides is 2. The average Bonchev–Trinajstić information content (AvgIpc) is 3.09. The molecular weight excluding hydrogens is 350 g/mol. The number of thioether (sulfide) groups is 1. The number of carbonyl (C=O) groups is 1. The SMILES string of the molecule is O=C(CSc1nnnn1-c1ccccc1)c1ccc(OC(F)F)cc1. The topological polar surface area (TPSA) is 69.9 Å². The molecule has 0 unspecified atom stereocenters. The summed E-state index contributed by atoms with van der Waals surface area (Å²) in [5, 5.41) is 11.9. The molecule has 0 aliphatic heterocycles. The smallest absolute Gasteiger partial charge is 0.387 e. The van der Waals surface area contributed by atoms with Crippen molar-refractivity contribution in [2.24, 2.45) is 0 Å². The predicted octanol–water partition coefficient (Wildman–Crippen LogP) is 3.24. The Labute approximate surface area is 145 Å². The molecule has 0 bridgehead atoms. The van der Waals surface area contributed by atoms with E-state index >= 15 is 0 Å². The van der Waals surface area contributed by atoms with Gasteiger partial charge in [0, 0.05) is 5.56 Å². The summed E-state index contributed by atoms with van der Waals surface area (Å²) in [7, 11) is 0. The number of halogens is 2. The van der Waals surface area contributed by atoms with E-state index in [1.54, 1.807) is 0 Å². The molecule has 9 heteroatoms. The van der Waals surface area contributed by atoms with Crippen molar-refractivity contribution in [3.8, 4) is 11.4 Å². The Morgan fingerprint density at radius 1 is 1.12 bits per heavy atom. The van der Waals surface area contributed by atoms with Crippen LogP contribution in [0.15, 0.2) is 59.8 Å². The molecule has 2 aromatic carbocycles. The van der Waals surface area contributed by atoms with Gasteiger partial charge in [-0.3, -0.25) is 4.79 Å². The first-order valence-electron chi connectivity index (χ1n) is 7.18. The number of rotatable bonds is 7. The van der Waals surface area contributed by atoms with Crippen molar-refractivity contribution >= 4 is 17.5 Å². The molecular formula is C16H12F2N4O2S. The van der Waals surface area contributed by atoms with Crippen molar-refractivity contribution in [2.45, 2.75) is 11.8 Å². The van der Waals surface area contributed by atoms with Crippen molar-refractivity contribution in [1.29, 1.82) is 0 Å². The lowest BCUT2D eigenvalue weighted by Crippen LogP contribution is -2.06. The molecule has 0 aliphatic carbocycles. The van der Waals surface area contributed by atoms with Crippen LogP contribution < -0.4 is 4.74 Å². The maximum absolute atomic E-state index is 12.2. The molecule has 1 heterocycles. The number of nitrogens with zero attached hydrogens (tertiary/aromatic N) is 4. The number of Topliss-reactive ketones (excluding diaryl/α,β-unsaturated/α-hetero) is 1. The zero-order valence-electron chi connectivity index (χ0n) is 12.8. The molecule has 0 aliphatic rings. The molecule has 0 spiro atoms. The lowest BCUT2D eigenvalue weighted by atomic mass is 10.1. The highest BCUT2D eigenvalue weighted by molar-refractivity contribution is 7.99. The number of aromatic nitrogens is 4. The van der Waals surface area contributed by atoms with Crippen molar-refractivity contribution in [3.63, 3.8) is 0 Å². The molecule has 3 rings (SSSR count). The third kappa shape index (κ3) is 4.38. The second-order valence-electron chi connectivity index (χ2n) is 4.82. The number of tetrazole rings is 1. The Morgan fingerprint density at radius 3 is 2.52 bits per heavy atom. The molecule has 3 aromatic rings. The highest BCUT2D eigenvalue weighted by atomic mass is 32.2. The fraction of sp³-hybridized carbons (Fsp3) is 0.125. The van der Waals surface area contributed by atoms with Gasteiger partial charge in [-0.05, 0) is 46.8 Å². The van der Waals surface area contributed by atoms with Gasteiger partial charge in [-0.1, -0.05) is 30.0 Å². The minimum Gasteiger partial charge on any atom is -0.435 e. The standard InChI is InChI=1S/C16H12F2N4O2S/c17-15(18)24-13-8-6-11(7-9-13)14(23)10-25-16-19-20-21-22(16)12-4-2-1-3-5-12/h1-9,15H,10H2. The fourth-order valence-corrected chi connectivity index (χ4v) is 2.82. The number of ether oxygens (including phenoxy) is 1. The van der Waals surface area contributed by atoms with Crippen molar-refractivity contribution < 1.29 is 18.3 Å². The Morgan fingerprint density at radius 2 is 1.84 bits per heavy atom. The van der Waals surface area contributed by atoms with E-state index in [1.807, 2.05) is 30.3 Å². The molecule has 6 nitrogen and oxygen atoms in total. The Bertz CT molecular complexity index is 841. The first-order valence-corrected chi connectivity index (χ1v) is 8.17. The third-order valence-corrected chi connectivity index (χ3v) is 4.09. The van der Waals surface area contributed by atoms with Crippen LogP contribution in [0.2, 0.25) is 0 Å². The first-order chi connectivity index (χ1) is 12.1. The lowest BCUT2D eigenvalue weighted by Gasteiger charge is -2.06. The van der Waals surface area contributed by atoms with Gasteiger partial charge in [-0.25, -0.2) is 0 Å². The zero-order chi connectivity index (χ0) is 17.6. The van der Waals surface area contributed by atoms with Gasteiger partial charge in [-0.15, -0.1) is 5.10 Å². The average molecular weight is 362 g/mol. The largest absolute Gasteiger partial charge is 0.435 e. The Kier molecular flexibility index (Phi) is 5.34. The summed E-state index contributed by atoms with van der Waals surface area (Å²) < 4.78 is 30.0. The maximum atomic E-state index is 12.2. The lowest BCUT2D eigenvalue weighted by molar-refractivity contribution is -0.0498. The molecule has 0 saturated heterocycles. The number of ketones is 1. The fourth-order valence-electron chi connectivity index (χ4n) is 2.04. The summed E-state index contributed by atoms with van der Waals surface area (Å²) in [4.78, 5) is 12.2. The normalized spacial score (nSPS) is 10.8. The van der Waals surface area contributed by atoms with E-state index in [-0.39, 0.29) is 17.3 Å². The van der Waals surface area contributed by atoms with Crippen molar-refractivity contribution in [2.75, 3.05) is 5.75 Å². The van der Waals surface area contributed by atoms with Crippen LogP contribution in [0.4, 0.5) is 8.78 Å². The molecule has 0 N–H and O–H groups in total. The van der Waals surface area contributed by atoms with Crippen LogP contribution in [0.25, 0.3) is 5.69 Å². The van der Waals surface area contributed by atoms with E-state index < -0.39 is 6.61 Å². The van der Waals surface area contributed by atoms with Crippen LogP contribution in [0, 0.1) is 0 Å².